The molecule has 0 bridgehead atoms. The number of hydrogen-bond donors (Lipinski definition) is 2. The van der Waals surface area contributed by atoms with Crippen molar-refractivity contribution in [2.24, 2.45) is 0 Å². The van der Waals surface area contributed by atoms with Gasteiger partial charge in [0.05, 0.1) is 17.6 Å². The van der Waals surface area contributed by atoms with Crippen LogP contribution in [0.15, 0.2) is 60.7 Å². The molecule has 0 spiro atoms. The van der Waals surface area contributed by atoms with E-state index >= 15 is 0 Å². The molecule has 1 atom stereocenters. The lowest BCUT2D eigenvalue weighted by atomic mass is 9.84. The van der Waals surface area contributed by atoms with Crippen molar-refractivity contribution in [2.75, 3.05) is 30.4 Å². The molecule has 36 heavy (non-hydrogen) atoms. The molecule has 0 saturated carbocycles. The third-order valence-corrected chi connectivity index (χ3v) is 6.34. The zero-order valence-corrected chi connectivity index (χ0v) is 20.7. The maximum absolute atomic E-state index is 14.2. The summed E-state index contributed by atoms with van der Waals surface area (Å²) in [4.78, 5) is 26.6. The number of carbonyl (C=O) groups is 2. The van der Waals surface area contributed by atoms with Crippen molar-refractivity contribution >= 4 is 23.3 Å². The predicted octanol–water partition coefficient (Wildman–Crippen LogP) is 5.02. The van der Waals surface area contributed by atoms with Crippen molar-refractivity contribution < 1.29 is 28.6 Å². The standard InChI is InChI=1S/C28H29FN2O5/c1-17-11-21(35-16-22-15-31(4)24-7-5-6-8-25(24)36-22)9-10-23(17)26(32)30-20-13-18(12-19(29)14-20)28(2,3)27(33)34/h5-14,22H,15-16H2,1-4H3,(H,30,32)(H,33,34)/t22-/m0/s1. The lowest BCUT2D eigenvalue weighted by molar-refractivity contribution is -0.142. The van der Waals surface area contributed by atoms with E-state index in [9.17, 15) is 19.1 Å². The highest BCUT2D eigenvalue weighted by Crippen LogP contribution is 2.32. The van der Waals surface area contributed by atoms with Gasteiger partial charge in [-0.05, 0) is 80.4 Å². The number of carboxylic acid groups (broad SMARTS) is 1. The number of aryl methyl sites for hydroxylation is 1. The number of aliphatic carboxylic acids is 1. The largest absolute Gasteiger partial charge is 0.490 e. The average Bonchev–Trinajstić information content (AvgIpc) is 2.82. The van der Waals surface area contributed by atoms with Crippen LogP contribution in [0, 0.1) is 12.7 Å². The van der Waals surface area contributed by atoms with Crippen molar-refractivity contribution in [1.82, 2.24) is 0 Å². The molecule has 1 aliphatic heterocycles. The van der Waals surface area contributed by atoms with Crippen LogP contribution in [0.25, 0.3) is 0 Å². The van der Waals surface area contributed by atoms with E-state index in [0.717, 1.165) is 23.6 Å². The van der Waals surface area contributed by atoms with Gasteiger partial charge in [-0.1, -0.05) is 12.1 Å². The number of nitrogens with zero attached hydrogens (tertiary/aromatic N) is 1. The second-order valence-corrected chi connectivity index (χ2v) is 9.49. The highest BCUT2D eigenvalue weighted by atomic mass is 19.1. The van der Waals surface area contributed by atoms with Crippen molar-refractivity contribution in [1.29, 1.82) is 0 Å². The highest BCUT2D eigenvalue weighted by molar-refractivity contribution is 6.05. The number of rotatable bonds is 7. The van der Waals surface area contributed by atoms with Crippen molar-refractivity contribution in [3.05, 3.63) is 83.2 Å². The Morgan fingerprint density at radius 2 is 1.92 bits per heavy atom. The van der Waals surface area contributed by atoms with Crippen LogP contribution in [0.1, 0.15) is 35.3 Å². The number of anilines is 2. The van der Waals surface area contributed by atoms with E-state index in [1.54, 1.807) is 25.1 Å². The van der Waals surface area contributed by atoms with Crippen LogP contribution in [-0.4, -0.2) is 43.3 Å². The van der Waals surface area contributed by atoms with Crippen LogP contribution in [0.4, 0.5) is 15.8 Å². The molecule has 0 saturated heterocycles. The first-order valence-corrected chi connectivity index (χ1v) is 11.6. The Kier molecular flexibility index (Phi) is 6.88. The number of halogens is 1. The summed E-state index contributed by atoms with van der Waals surface area (Å²) in [6.45, 7) is 5.77. The monoisotopic (exact) mass is 492 g/mol. The minimum Gasteiger partial charge on any atom is -0.490 e. The summed E-state index contributed by atoms with van der Waals surface area (Å²) >= 11 is 0. The smallest absolute Gasteiger partial charge is 0.313 e. The van der Waals surface area contributed by atoms with Crippen molar-refractivity contribution in [2.45, 2.75) is 32.3 Å². The number of nitrogens with one attached hydrogen (secondary N) is 1. The molecule has 0 fully saturated rings. The van der Waals surface area contributed by atoms with E-state index in [-0.39, 0.29) is 17.4 Å². The molecular weight excluding hydrogens is 463 g/mol. The van der Waals surface area contributed by atoms with E-state index in [4.69, 9.17) is 9.47 Å². The average molecular weight is 493 g/mol. The molecule has 188 valence electrons. The molecule has 1 amide bonds. The van der Waals surface area contributed by atoms with E-state index < -0.39 is 23.1 Å². The number of carbonyl (C=O) groups excluding carboxylic acids is 1. The molecule has 7 nitrogen and oxygen atoms in total. The summed E-state index contributed by atoms with van der Waals surface area (Å²) in [7, 11) is 2.01. The normalized spacial score (nSPS) is 15.0. The molecule has 0 aliphatic carbocycles. The van der Waals surface area contributed by atoms with Gasteiger partial charge in [-0.3, -0.25) is 9.59 Å². The molecular formula is C28H29FN2O5. The molecule has 0 aromatic heterocycles. The Hall–Kier alpha value is -4.07. The fourth-order valence-electron chi connectivity index (χ4n) is 4.09. The molecule has 3 aromatic carbocycles. The number of fused-ring (bicyclic) bond motifs is 1. The SMILES string of the molecule is Cc1cc(OC[C@@H]2CN(C)c3ccccc3O2)ccc1C(=O)Nc1cc(F)cc(C(C)(C)C(=O)O)c1. The molecule has 2 N–H and O–H groups in total. The van der Waals surface area contributed by atoms with Gasteiger partial charge < -0.3 is 24.8 Å². The summed E-state index contributed by atoms with van der Waals surface area (Å²) < 4.78 is 26.2. The number of ether oxygens (including phenoxy) is 2. The maximum atomic E-state index is 14.2. The Balaban J connectivity index is 1.42. The van der Waals surface area contributed by atoms with Crippen LogP contribution in [0.5, 0.6) is 11.5 Å². The molecule has 3 aromatic rings. The number of carboxylic acids is 1. The van der Waals surface area contributed by atoms with Gasteiger partial charge >= 0.3 is 5.97 Å². The second-order valence-electron chi connectivity index (χ2n) is 9.49. The van der Waals surface area contributed by atoms with Crippen LogP contribution in [0.3, 0.4) is 0 Å². The van der Waals surface area contributed by atoms with Crippen LogP contribution < -0.4 is 19.7 Å². The van der Waals surface area contributed by atoms with Gasteiger partial charge in [0.2, 0.25) is 0 Å². The van der Waals surface area contributed by atoms with Crippen LogP contribution >= 0.6 is 0 Å². The Morgan fingerprint density at radius 1 is 1.17 bits per heavy atom. The molecule has 4 rings (SSSR count). The summed E-state index contributed by atoms with van der Waals surface area (Å²) in [5, 5.41) is 12.1. The topological polar surface area (TPSA) is 88.1 Å². The molecule has 0 radical (unpaired) electrons. The first kappa shape index (κ1) is 25.0. The number of likely N-dealkylation sites (N-methyl/N-ethyl adjacent to an activating group) is 1. The van der Waals surface area contributed by atoms with Gasteiger partial charge in [-0.2, -0.15) is 0 Å². The molecule has 1 heterocycles. The Morgan fingerprint density at radius 3 is 2.64 bits per heavy atom. The molecule has 8 heteroatoms. The quantitative estimate of drug-likeness (QED) is 0.481. The Labute approximate surface area is 209 Å². The molecule has 1 aliphatic rings. The van der Waals surface area contributed by atoms with Gasteiger partial charge in [-0.15, -0.1) is 0 Å². The first-order chi connectivity index (χ1) is 17.0. The second kappa shape index (κ2) is 9.89. The van der Waals surface area contributed by atoms with Gasteiger partial charge in [0, 0.05) is 18.3 Å². The summed E-state index contributed by atoms with van der Waals surface area (Å²) in [5.74, 6) is -0.736. The van der Waals surface area contributed by atoms with Gasteiger partial charge in [0.1, 0.15) is 30.0 Å². The Bertz CT molecular complexity index is 1310. The number of para-hydroxylation sites is 2. The fraction of sp³-hybridized carbons (Fsp3) is 0.286. The zero-order valence-electron chi connectivity index (χ0n) is 20.7. The minimum atomic E-state index is -1.31. The third-order valence-electron chi connectivity index (χ3n) is 6.34. The lowest BCUT2D eigenvalue weighted by Crippen LogP contribution is -2.41. The summed E-state index contributed by atoms with van der Waals surface area (Å²) in [5.41, 5.74) is 1.24. The summed E-state index contributed by atoms with van der Waals surface area (Å²) in [6.07, 6.45) is -0.148. The lowest BCUT2D eigenvalue weighted by Gasteiger charge is -2.33. The number of amides is 1. The zero-order chi connectivity index (χ0) is 26.0. The van der Waals surface area contributed by atoms with E-state index in [2.05, 4.69) is 10.2 Å². The van der Waals surface area contributed by atoms with Crippen molar-refractivity contribution in [3.63, 3.8) is 0 Å². The first-order valence-electron chi connectivity index (χ1n) is 11.6. The van der Waals surface area contributed by atoms with Gasteiger partial charge in [-0.25, -0.2) is 4.39 Å². The van der Waals surface area contributed by atoms with Crippen molar-refractivity contribution in [3.8, 4) is 11.5 Å². The van der Waals surface area contributed by atoms with E-state index in [1.165, 1.54) is 19.9 Å². The fourth-order valence-corrected chi connectivity index (χ4v) is 4.09. The molecule has 0 unspecified atom stereocenters. The van der Waals surface area contributed by atoms with Gasteiger partial charge in [0.25, 0.3) is 5.91 Å². The van der Waals surface area contributed by atoms with Crippen LogP contribution in [-0.2, 0) is 10.2 Å². The highest BCUT2D eigenvalue weighted by Gasteiger charge is 2.30. The van der Waals surface area contributed by atoms with Gasteiger partial charge in [0.15, 0.2) is 0 Å². The van der Waals surface area contributed by atoms with Crippen LogP contribution in [0.2, 0.25) is 0 Å². The maximum Gasteiger partial charge on any atom is 0.313 e. The van der Waals surface area contributed by atoms with E-state index in [0.29, 0.717) is 30.0 Å². The summed E-state index contributed by atoms with van der Waals surface area (Å²) in [6, 6.07) is 16.7. The van der Waals surface area contributed by atoms with E-state index in [1.807, 2.05) is 31.3 Å². The third kappa shape index (κ3) is 5.27. The predicted molar refractivity (Wildman–Crippen MR) is 136 cm³/mol. The number of benzene rings is 3. The minimum absolute atomic E-state index is 0.148. The number of hydrogen-bond acceptors (Lipinski definition) is 5.